The van der Waals surface area contributed by atoms with Gasteiger partial charge in [0, 0.05) is 39.7 Å². The first-order chi connectivity index (χ1) is 15.9. The molecule has 0 aliphatic rings. The van der Waals surface area contributed by atoms with Crippen LogP contribution in [0.1, 0.15) is 22.5 Å². The van der Waals surface area contributed by atoms with Gasteiger partial charge in [0.1, 0.15) is 0 Å². The van der Waals surface area contributed by atoms with Crippen LogP contribution in [-0.2, 0) is 11.3 Å². The molecule has 2 N–H and O–H groups in total. The quantitative estimate of drug-likeness (QED) is 0.412. The molecule has 33 heavy (non-hydrogen) atoms. The Hall–Kier alpha value is -3.97. The van der Waals surface area contributed by atoms with Crippen LogP contribution < -0.4 is 10.9 Å². The molecule has 0 saturated heterocycles. The highest BCUT2D eigenvalue weighted by atomic mass is 35.5. The van der Waals surface area contributed by atoms with Crippen molar-refractivity contribution in [2.75, 3.05) is 5.32 Å². The van der Waals surface area contributed by atoms with Crippen molar-refractivity contribution in [1.29, 1.82) is 0 Å². The normalized spacial score (nSPS) is 11.1. The Bertz CT molecular complexity index is 1380. The molecule has 0 bridgehead atoms. The fraction of sp³-hybridized carbons (Fsp3) is 0.120. The van der Waals surface area contributed by atoms with Crippen LogP contribution >= 0.6 is 11.6 Å². The minimum Gasteiger partial charge on any atom is -0.322 e. The van der Waals surface area contributed by atoms with E-state index in [1.54, 1.807) is 24.3 Å². The average Bonchev–Trinajstić information content (AvgIpc) is 3.07. The zero-order valence-corrected chi connectivity index (χ0v) is 18.9. The van der Waals surface area contributed by atoms with Crippen LogP contribution in [0.3, 0.4) is 0 Å². The SMILES string of the molecule is Cc1nn(Cc2ccccc2Cl)c(C)c1/C=C/C(=O)Nc1cccc(-c2ccc(=O)[nH]n2)c1. The number of nitrogens with one attached hydrogen (secondary N) is 2. The summed E-state index contributed by atoms with van der Waals surface area (Å²) in [5.41, 5.74) is 5.39. The number of hydrogen-bond donors (Lipinski definition) is 2. The van der Waals surface area contributed by atoms with Gasteiger partial charge in [-0.2, -0.15) is 10.2 Å². The molecule has 0 spiro atoms. The number of halogens is 1. The Morgan fingerprint density at radius 1 is 1.12 bits per heavy atom. The van der Waals surface area contributed by atoms with Gasteiger partial charge in [-0.05, 0) is 49.8 Å². The lowest BCUT2D eigenvalue weighted by Crippen LogP contribution is -2.08. The Balaban J connectivity index is 1.48. The number of carbonyl (C=O) groups is 1. The molecule has 2 aromatic carbocycles. The van der Waals surface area contributed by atoms with Crippen molar-refractivity contribution >= 4 is 29.3 Å². The lowest BCUT2D eigenvalue weighted by Gasteiger charge is -2.07. The van der Waals surface area contributed by atoms with Crippen LogP contribution in [0, 0.1) is 13.8 Å². The summed E-state index contributed by atoms with van der Waals surface area (Å²) in [6, 6.07) is 18.0. The number of aryl methyl sites for hydroxylation is 1. The van der Waals surface area contributed by atoms with Crippen molar-refractivity contribution in [3.8, 4) is 11.3 Å². The van der Waals surface area contributed by atoms with E-state index in [0.29, 0.717) is 22.9 Å². The van der Waals surface area contributed by atoms with Gasteiger partial charge in [0.25, 0.3) is 5.56 Å². The van der Waals surface area contributed by atoms with Gasteiger partial charge >= 0.3 is 0 Å². The van der Waals surface area contributed by atoms with E-state index in [2.05, 4.69) is 20.6 Å². The Morgan fingerprint density at radius 2 is 1.94 bits per heavy atom. The minimum absolute atomic E-state index is 0.265. The molecular weight excluding hydrogens is 438 g/mol. The third-order valence-electron chi connectivity index (χ3n) is 5.22. The molecule has 0 atom stereocenters. The van der Waals surface area contributed by atoms with Crippen LogP contribution in [0.4, 0.5) is 5.69 Å². The second kappa shape index (κ2) is 9.67. The predicted molar refractivity (Wildman–Crippen MR) is 130 cm³/mol. The maximum Gasteiger partial charge on any atom is 0.264 e. The lowest BCUT2D eigenvalue weighted by atomic mass is 10.1. The van der Waals surface area contributed by atoms with Gasteiger partial charge < -0.3 is 5.32 Å². The van der Waals surface area contributed by atoms with Crippen LogP contribution in [-0.4, -0.2) is 25.9 Å². The number of rotatable bonds is 6. The number of hydrogen-bond acceptors (Lipinski definition) is 4. The molecule has 0 aliphatic carbocycles. The summed E-state index contributed by atoms with van der Waals surface area (Å²) in [5.74, 6) is -0.265. The highest BCUT2D eigenvalue weighted by Gasteiger charge is 2.11. The highest BCUT2D eigenvalue weighted by Crippen LogP contribution is 2.21. The molecule has 0 unspecified atom stereocenters. The van der Waals surface area contributed by atoms with E-state index in [0.717, 1.165) is 28.1 Å². The van der Waals surface area contributed by atoms with Crippen LogP contribution in [0.15, 0.2) is 71.5 Å². The third kappa shape index (κ3) is 5.27. The van der Waals surface area contributed by atoms with Crippen molar-refractivity contribution < 1.29 is 4.79 Å². The van der Waals surface area contributed by atoms with Gasteiger partial charge in [-0.15, -0.1) is 0 Å². The molecule has 7 nitrogen and oxygen atoms in total. The van der Waals surface area contributed by atoms with Crippen molar-refractivity contribution in [3.63, 3.8) is 0 Å². The molecule has 4 aromatic rings. The largest absolute Gasteiger partial charge is 0.322 e. The van der Waals surface area contributed by atoms with Crippen molar-refractivity contribution in [1.82, 2.24) is 20.0 Å². The Morgan fingerprint density at radius 3 is 2.70 bits per heavy atom. The summed E-state index contributed by atoms with van der Waals surface area (Å²) >= 11 is 6.28. The summed E-state index contributed by atoms with van der Waals surface area (Å²) in [4.78, 5) is 23.8. The van der Waals surface area contributed by atoms with Crippen molar-refractivity contribution in [2.45, 2.75) is 20.4 Å². The first-order valence-electron chi connectivity index (χ1n) is 10.3. The van der Waals surface area contributed by atoms with Crippen LogP contribution in [0.2, 0.25) is 5.02 Å². The topological polar surface area (TPSA) is 92.7 Å². The Kier molecular flexibility index (Phi) is 6.51. The van der Waals surface area contributed by atoms with E-state index in [4.69, 9.17) is 11.6 Å². The lowest BCUT2D eigenvalue weighted by molar-refractivity contribution is -0.111. The summed E-state index contributed by atoms with van der Waals surface area (Å²) in [6.45, 7) is 4.43. The van der Waals surface area contributed by atoms with E-state index in [-0.39, 0.29) is 11.5 Å². The van der Waals surface area contributed by atoms with E-state index < -0.39 is 0 Å². The van der Waals surface area contributed by atoms with Gasteiger partial charge in [-0.3, -0.25) is 14.3 Å². The van der Waals surface area contributed by atoms with Crippen molar-refractivity contribution in [3.05, 3.63) is 105 Å². The standard InChI is InChI=1S/C25H22ClN5O2/c1-16-21(17(2)31(30-16)15-19-6-3-4-9-22(19)26)10-12-24(32)27-20-8-5-7-18(14-20)23-11-13-25(33)29-28-23/h3-14H,15H2,1-2H3,(H,27,32)(H,29,33)/b12-10+. The van der Waals surface area contributed by atoms with Crippen LogP contribution in [0.5, 0.6) is 0 Å². The minimum atomic E-state index is -0.269. The van der Waals surface area contributed by atoms with E-state index in [1.807, 2.05) is 54.9 Å². The highest BCUT2D eigenvalue weighted by molar-refractivity contribution is 6.31. The molecular formula is C25H22ClN5O2. The maximum atomic E-state index is 12.5. The average molecular weight is 460 g/mol. The summed E-state index contributed by atoms with van der Waals surface area (Å²) in [6.07, 6.45) is 3.26. The van der Waals surface area contributed by atoms with Gasteiger partial charge in [-0.25, -0.2) is 5.10 Å². The number of amides is 1. The summed E-state index contributed by atoms with van der Waals surface area (Å²) < 4.78 is 1.88. The van der Waals surface area contributed by atoms with E-state index in [9.17, 15) is 9.59 Å². The fourth-order valence-electron chi connectivity index (χ4n) is 3.50. The smallest absolute Gasteiger partial charge is 0.264 e. The molecule has 166 valence electrons. The summed E-state index contributed by atoms with van der Waals surface area (Å²) in [7, 11) is 0. The third-order valence-corrected chi connectivity index (χ3v) is 5.59. The van der Waals surface area contributed by atoms with Gasteiger partial charge in [-0.1, -0.05) is 41.9 Å². The Labute approximate surface area is 195 Å². The number of aromatic amines is 1. The predicted octanol–water partition coefficient (Wildman–Crippen LogP) is 4.60. The first-order valence-corrected chi connectivity index (χ1v) is 10.7. The molecule has 0 saturated carbocycles. The number of benzene rings is 2. The zero-order chi connectivity index (χ0) is 23.4. The maximum absolute atomic E-state index is 12.5. The van der Waals surface area contributed by atoms with Gasteiger partial charge in [0.15, 0.2) is 0 Å². The van der Waals surface area contributed by atoms with Crippen molar-refractivity contribution in [2.24, 2.45) is 0 Å². The number of carbonyl (C=O) groups excluding carboxylic acids is 1. The molecule has 2 heterocycles. The molecule has 2 aromatic heterocycles. The second-order valence-electron chi connectivity index (χ2n) is 7.54. The monoisotopic (exact) mass is 459 g/mol. The molecule has 1 amide bonds. The first kappa shape index (κ1) is 22.2. The van der Waals surface area contributed by atoms with E-state index in [1.165, 1.54) is 12.1 Å². The fourth-order valence-corrected chi connectivity index (χ4v) is 3.69. The number of anilines is 1. The number of aromatic nitrogens is 4. The molecule has 0 radical (unpaired) electrons. The second-order valence-corrected chi connectivity index (χ2v) is 7.95. The molecule has 8 heteroatoms. The van der Waals surface area contributed by atoms with Crippen LogP contribution in [0.25, 0.3) is 17.3 Å². The summed E-state index contributed by atoms with van der Waals surface area (Å²) in [5, 5.41) is 14.6. The van der Waals surface area contributed by atoms with Gasteiger partial charge in [0.2, 0.25) is 5.91 Å². The molecule has 0 aliphatic heterocycles. The molecule has 0 fully saturated rings. The molecule has 4 rings (SSSR count). The zero-order valence-electron chi connectivity index (χ0n) is 18.2. The van der Waals surface area contributed by atoms with E-state index >= 15 is 0 Å². The van der Waals surface area contributed by atoms with Gasteiger partial charge in [0.05, 0.1) is 17.9 Å². The number of nitrogens with zero attached hydrogens (tertiary/aromatic N) is 3. The number of H-pyrrole nitrogens is 1.